The van der Waals surface area contributed by atoms with Gasteiger partial charge in [-0.15, -0.1) is 0 Å². The smallest absolute Gasteiger partial charge is 0.336 e. The van der Waals surface area contributed by atoms with E-state index in [9.17, 15) is 15.0 Å². The normalized spacial score (nSPS) is 15.9. The molecule has 2 aliphatic rings. The molecule has 2 aliphatic heterocycles. The summed E-state index contributed by atoms with van der Waals surface area (Å²) in [6.07, 6.45) is 4.87. The molecule has 7 nitrogen and oxygen atoms in total. The number of aromatic carboxylic acids is 1. The van der Waals surface area contributed by atoms with Crippen molar-refractivity contribution in [2.45, 2.75) is 13.0 Å². The van der Waals surface area contributed by atoms with Gasteiger partial charge in [-0.1, -0.05) is 48.5 Å². The summed E-state index contributed by atoms with van der Waals surface area (Å²) in [6.45, 7) is 6.36. The highest BCUT2D eigenvalue weighted by Crippen LogP contribution is 2.31. The first-order valence-corrected chi connectivity index (χ1v) is 14.1. The number of aromatic hydroxyl groups is 1. The number of hydrogen-bond acceptors (Lipinski definition) is 6. The van der Waals surface area contributed by atoms with E-state index >= 15 is 0 Å². The van der Waals surface area contributed by atoms with E-state index in [0.717, 1.165) is 91.4 Å². The van der Waals surface area contributed by atoms with Gasteiger partial charge in [0.25, 0.3) is 0 Å². The van der Waals surface area contributed by atoms with Crippen molar-refractivity contribution in [2.24, 2.45) is 0 Å². The zero-order valence-corrected chi connectivity index (χ0v) is 23.0. The second-order valence-electron chi connectivity index (χ2n) is 10.7. The zero-order chi connectivity index (χ0) is 28.2. The number of carbonyl (C=O) groups is 1. The number of phenols is 1. The minimum Gasteiger partial charge on any atom is -0.508 e. The van der Waals surface area contributed by atoms with Crippen LogP contribution in [0.1, 0.15) is 27.9 Å². The topological polar surface area (TPSA) is 88.9 Å². The molecule has 0 amide bonds. The lowest BCUT2D eigenvalue weighted by atomic mass is 9.91. The van der Waals surface area contributed by atoms with Crippen LogP contribution < -0.4 is 10.2 Å². The van der Waals surface area contributed by atoms with Crippen molar-refractivity contribution >= 4 is 17.2 Å². The Morgan fingerprint density at radius 1 is 0.854 bits per heavy atom. The third kappa shape index (κ3) is 6.16. The van der Waals surface area contributed by atoms with Crippen molar-refractivity contribution in [1.29, 1.82) is 0 Å². The number of phenolic OH excluding ortho intramolecular Hbond substituents is 1. The molecule has 3 aromatic carbocycles. The van der Waals surface area contributed by atoms with E-state index in [2.05, 4.69) is 57.6 Å². The molecule has 0 radical (unpaired) electrons. The van der Waals surface area contributed by atoms with Gasteiger partial charge in [0.2, 0.25) is 0 Å². The maximum Gasteiger partial charge on any atom is 0.336 e. The van der Waals surface area contributed by atoms with E-state index < -0.39 is 5.97 Å². The van der Waals surface area contributed by atoms with E-state index in [-0.39, 0.29) is 0 Å². The molecule has 41 heavy (non-hydrogen) atoms. The second-order valence-corrected chi connectivity index (χ2v) is 10.7. The number of benzene rings is 3. The maximum atomic E-state index is 11.9. The van der Waals surface area contributed by atoms with E-state index in [1.165, 1.54) is 5.56 Å². The van der Waals surface area contributed by atoms with Gasteiger partial charge in [-0.25, -0.2) is 4.79 Å². The van der Waals surface area contributed by atoms with Crippen LogP contribution in [0.4, 0.5) is 5.69 Å². The molecule has 1 saturated heterocycles. The predicted octanol–water partition coefficient (Wildman–Crippen LogP) is 5.52. The van der Waals surface area contributed by atoms with Crippen molar-refractivity contribution in [3.8, 4) is 28.1 Å². The monoisotopic (exact) mass is 546 g/mol. The van der Waals surface area contributed by atoms with Gasteiger partial charge in [0.05, 0.1) is 23.1 Å². The molecule has 0 spiro atoms. The summed E-state index contributed by atoms with van der Waals surface area (Å²) in [7, 11) is 0. The largest absolute Gasteiger partial charge is 0.508 e. The number of aromatic nitrogens is 1. The third-order valence-electron chi connectivity index (χ3n) is 8.00. The first-order valence-electron chi connectivity index (χ1n) is 14.1. The van der Waals surface area contributed by atoms with E-state index in [1.54, 1.807) is 18.2 Å². The molecular formula is C34H34N4O3. The third-order valence-corrected chi connectivity index (χ3v) is 8.00. The molecule has 0 atom stereocenters. The number of nitrogens with zero attached hydrogens (tertiary/aromatic N) is 3. The molecule has 0 aliphatic carbocycles. The molecule has 1 fully saturated rings. The van der Waals surface area contributed by atoms with Gasteiger partial charge in [-0.05, 0) is 77.2 Å². The van der Waals surface area contributed by atoms with Crippen LogP contribution in [0, 0.1) is 0 Å². The molecule has 0 saturated carbocycles. The quantitative estimate of drug-likeness (QED) is 0.281. The number of carboxylic acid groups (broad SMARTS) is 1. The van der Waals surface area contributed by atoms with Crippen LogP contribution in [0.15, 0.2) is 91.1 Å². The fraction of sp³-hybridized carbons (Fsp3) is 0.235. The summed E-state index contributed by atoms with van der Waals surface area (Å²) in [5, 5.41) is 22.5. The lowest BCUT2D eigenvalue weighted by Gasteiger charge is -2.36. The van der Waals surface area contributed by atoms with Crippen molar-refractivity contribution in [3.05, 3.63) is 108 Å². The van der Waals surface area contributed by atoms with E-state index in [0.29, 0.717) is 11.3 Å². The Hall–Kier alpha value is -4.46. The maximum absolute atomic E-state index is 11.9. The second kappa shape index (κ2) is 12.0. The Morgan fingerprint density at radius 3 is 2.24 bits per heavy atom. The zero-order valence-electron chi connectivity index (χ0n) is 23.0. The molecule has 7 heteroatoms. The number of hydrogen-bond donors (Lipinski definition) is 3. The van der Waals surface area contributed by atoms with Crippen LogP contribution in [0.3, 0.4) is 0 Å². The molecule has 0 bridgehead atoms. The fourth-order valence-corrected chi connectivity index (χ4v) is 5.64. The lowest BCUT2D eigenvalue weighted by Crippen LogP contribution is -2.46. The highest BCUT2D eigenvalue weighted by molar-refractivity contribution is 5.95. The first-order chi connectivity index (χ1) is 20.0. The van der Waals surface area contributed by atoms with Gasteiger partial charge in [0, 0.05) is 44.8 Å². The van der Waals surface area contributed by atoms with Crippen LogP contribution in [-0.2, 0) is 6.54 Å². The van der Waals surface area contributed by atoms with Gasteiger partial charge >= 0.3 is 5.97 Å². The Morgan fingerprint density at radius 2 is 1.59 bits per heavy atom. The van der Waals surface area contributed by atoms with Gasteiger partial charge < -0.3 is 20.4 Å². The number of carboxylic acids is 1. The molecule has 3 heterocycles. The van der Waals surface area contributed by atoms with E-state index in [4.69, 9.17) is 4.98 Å². The lowest BCUT2D eigenvalue weighted by molar-refractivity contribution is 0.0696. The molecular weight excluding hydrogens is 512 g/mol. The first kappa shape index (κ1) is 26.7. The average Bonchev–Trinajstić information content (AvgIpc) is 3.03. The highest BCUT2D eigenvalue weighted by Gasteiger charge is 2.19. The number of rotatable bonds is 7. The van der Waals surface area contributed by atoms with Gasteiger partial charge in [-0.2, -0.15) is 0 Å². The molecule has 208 valence electrons. The Kier molecular flexibility index (Phi) is 7.80. The predicted molar refractivity (Wildman–Crippen MR) is 163 cm³/mol. The van der Waals surface area contributed by atoms with Crippen molar-refractivity contribution in [3.63, 3.8) is 0 Å². The van der Waals surface area contributed by atoms with Gasteiger partial charge in [-0.3, -0.25) is 9.88 Å². The Bertz CT molecular complexity index is 1540. The average molecular weight is 547 g/mol. The van der Waals surface area contributed by atoms with Crippen LogP contribution >= 0.6 is 0 Å². The number of pyridine rings is 1. The van der Waals surface area contributed by atoms with Crippen LogP contribution in [-0.4, -0.2) is 65.3 Å². The summed E-state index contributed by atoms with van der Waals surface area (Å²) >= 11 is 0. The van der Waals surface area contributed by atoms with Crippen LogP contribution in [0.25, 0.3) is 28.0 Å². The Labute approximate surface area is 240 Å². The summed E-state index contributed by atoms with van der Waals surface area (Å²) in [6, 6.07) is 25.6. The highest BCUT2D eigenvalue weighted by atomic mass is 16.4. The van der Waals surface area contributed by atoms with Crippen molar-refractivity contribution in [2.75, 3.05) is 44.2 Å². The summed E-state index contributed by atoms with van der Waals surface area (Å²) < 4.78 is 0. The van der Waals surface area contributed by atoms with Gasteiger partial charge in [0.1, 0.15) is 5.75 Å². The van der Waals surface area contributed by atoms with Crippen LogP contribution in [0.2, 0.25) is 0 Å². The minimum atomic E-state index is -0.896. The molecule has 6 rings (SSSR count). The molecule has 1 aromatic heterocycles. The Balaban J connectivity index is 1.11. The SMILES string of the molecule is O=C(O)c1ccc(-c2ccc(-c3ccc(N4CCN(Cc5ccc(O)cc5)CC4)cn3)cc2)cc1C1=CCNCC1. The number of piperazine rings is 1. The van der Waals surface area contributed by atoms with Crippen LogP contribution in [0.5, 0.6) is 5.75 Å². The van der Waals surface area contributed by atoms with Crippen molar-refractivity contribution < 1.29 is 15.0 Å². The number of nitrogens with one attached hydrogen (secondary N) is 1. The van der Waals surface area contributed by atoms with Gasteiger partial charge in [0.15, 0.2) is 0 Å². The molecule has 0 unspecified atom stereocenters. The van der Waals surface area contributed by atoms with E-state index in [1.807, 2.05) is 30.5 Å². The fourth-order valence-electron chi connectivity index (χ4n) is 5.64. The summed E-state index contributed by atoms with van der Waals surface area (Å²) in [5.41, 5.74) is 8.60. The molecule has 4 aromatic rings. The summed E-state index contributed by atoms with van der Waals surface area (Å²) in [5.74, 6) is -0.593. The standard InChI is InChI=1S/C34H34N4O3/c39-30-9-1-24(2-10-30)23-37-17-19-38(20-18-37)29-8-12-33(36-22-29)27-5-3-25(4-6-27)28-7-11-31(34(40)41)32(21-28)26-13-15-35-16-14-26/h1-13,21-22,35,39H,14-20,23H2,(H,40,41). The van der Waals surface area contributed by atoms with Crippen molar-refractivity contribution in [1.82, 2.24) is 15.2 Å². The number of anilines is 1. The minimum absolute atomic E-state index is 0.303. The summed E-state index contributed by atoms with van der Waals surface area (Å²) in [4.78, 5) is 21.5. The molecule has 3 N–H and O–H groups in total.